The highest BCUT2D eigenvalue weighted by atomic mass is 19.1. The first-order valence-electron chi connectivity index (χ1n) is 5.85. The molecular formula is C13H17FO4. The molecule has 1 aliphatic rings. The van der Waals surface area contributed by atoms with Crippen LogP contribution in [0.15, 0.2) is 12.1 Å². The molecule has 1 heterocycles. The molecule has 0 radical (unpaired) electrons. The quantitative estimate of drug-likeness (QED) is 0.856. The summed E-state index contributed by atoms with van der Waals surface area (Å²) in [6, 6.07) is 2.97. The molecule has 0 spiro atoms. The van der Waals surface area contributed by atoms with Gasteiger partial charge in [0.25, 0.3) is 0 Å². The van der Waals surface area contributed by atoms with E-state index in [0.717, 1.165) is 0 Å². The molecule has 3 atom stereocenters. The van der Waals surface area contributed by atoms with E-state index in [1.165, 1.54) is 13.2 Å². The predicted molar refractivity (Wildman–Crippen MR) is 63.0 cm³/mol. The summed E-state index contributed by atoms with van der Waals surface area (Å²) >= 11 is 0. The van der Waals surface area contributed by atoms with Crippen molar-refractivity contribution in [2.75, 3.05) is 13.7 Å². The third kappa shape index (κ3) is 2.34. The minimum absolute atomic E-state index is 0.256. The van der Waals surface area contributed by atoms with Crippen LogP contribution < -0.4 is 4.74 Å². The van der Waals surface area contributed by atoms with E-state index in [1.807, 2.05) is 0 Å². The average molecular weight is 256 g/mol. The molecule has 1 aliphatic heterocycles. The van der Waals surface area contributed by atoms with Gasteiger partial charge in [-0.2, -0.15) is 0 Å². The second-order valence-corrected chi connectivity index (χ2v) is 4.49. The van der Waals surface area contributed by atoms with Crippen molar-refractivity contribution in [3.05, 3.63) is 29.1 Å². The Hall–Kier alpha value is -1.17. The highest BCUT2D eigenvalue weighted by Crippen LogP contribution is 2.38. The first-order valence-corrected chi connectivity index (χ1v) is 5.85. The Morgan fingerprint density at radius 3 is 2.78 bits per heavy atom. The van der Waals surface area contributed by atoms with Crippen molar-refractivity contribution in [1.29, 1.82) is 0 Å². The van der Waals surface area contributed by atoms with Gasteiger partial charge in [-0.25, -0.2) is 4.39 Å². The molecule has 1 aromatic rings. The molecular weight excluding hydrogens is 239 g/mol. The van der Waals surface area contributed by atoms with Gasteiger partial charge in [0, 0.05) is 12.0 Å². The minimum Gasteiger partial charge on any atom is -0.496 e. The van der Waals surface area contributed by atoms with Crippen molar-refractivity contribution < 1.29 is 24.1 Å². The van der Waals surface area contributed by atoms with Crippen molar-refractivity contribution in [2.24, 2.45) is 0 Å². The lowest BCUT2D eigenvalue weighted by Gasteiger charge is -2.16. The number of hydrogen-bond donors (Lipinski definition) is 2. The summed E-state index contributed by atoms with van der Waals surface area (Å²) in [5, 5.41) is 18.7. The zero-order chi connectivity index (χ0) is 13.3. The molecule has 1 saturated heterocycles. The molecule has 1 aromatic carbocycles. The average Bonchev–Trinajstić information content (AvgIpc) is 2.73. The molecule has 100 valence electrons. The lowest BCUT2D eigenvalue weighted by atomic mass is 10.0. The fourth-order valence-electron chi connectivity index (χ4n) is 2.19. The number of hydrogen-bond acceptors (Lipinski definition) is 4. The van der Waals surface area contributed by atoms with Gasteiger partial charge in [-0.15, -0.1) is 0 Å². The molecule has 2 N–H and O–H groups in total. The Balaban J connectivity index is 2.31. The number of aliphatic hydroxyl groups is 2. The van der Waals surface area contributed by atoms with E-state index in [-0.39, 0.29) is 12.4 Å². The molecule has 2 rings (SSSR count). The summed E-state index contributed by atoms with van der Waals surface area (Å²) in [5.41, 5.74) is 1.06. The monoisotopic (exact) mass is 256 g/mol. The lowest BCUT2D eigenvalue weighted by molar-refractivity contribution is -0.0231. The third-order valence-electron chi connectivity index (χ3n) is 3.26. The van der Waals surface area contributed by atoms with Crippen LogP contribution in [-0.2, 0) is 4.74 Å². The summed E-state index contributed by atoms with van der Waals surface area (Å²) in [6.07, 6.45) is -1.50. The van der Waals surface area contributed by atoms with Crippen molar-refractivity contribution in [3.63, 3.8) is 0 Å². The molecule has 0 aliphatic carbocycles. The van der Waals surface area contributed by atoms with Gasteiger partial charge in [0.05, 0.1) is 25.9 Å². The van der Waals surface area contributed by atoms with Gasteiger partial charge in [-0.1, -0.05) is 0 Å². The highest BCUT2D eigenvalue weighted by molar-refractivity contribution is 5.40. The second-order valence-electron chi connectivity index (χ2n) is 4.49. The highest BCUT2D eigenvalue weighted by Gasteiger charge is 2.35. The van der Waals surface area contributed by atoms with Gasteiger partial charge in [-0.05, 0) is 24.6 Å². The van der Waals surface area contributed by atoms with Crippen LogP contribution >= 0.6 is 0 Å². The van der Waals surface area contributed by atoms with E-state index in [4.69, 9.17) is 14.6 Å². The topological polar surface area (TPSA) is 58.9 Å². The maximum absolute atomic E-state index is 13.6. The normalized spacial score (nSPS) is 27.5. The molecule has 0 aromatic heterocycles. The molecule has 5 heteroatoms. The first-order chi connectivity index (χ1) is 8.56. The number of rotatable bonds is 3. The van der Waals surface area contributed by atoms with E-state index < -0.39 is 18.3 Å². The Labute approximate surface area is 105 Å². The van der Waals surface area contributed by atoms with Gasteiger partial charge in [0.2, 0.25) is 0 Å². The van der Waals surface area contributed by atoms with Crippen molar-refractivity contribution in [1.82, 2.24) is 0 Å². The van der Waals surface area contributed by atoms with Crippen LogP contribution in [-0.4, -0.2) is 36.1 Å². The van der Waals surface area contributed by atoms with Gasteiger partial charge < -0.3 is 19.7 Å². The molecule has 0 saturated carbocycles. The molecule has 4 nitrogen and oxygen atoms in total. The van der Waals surface area contributed by atoms with Crippen LogP contribution in [0.3, 0.4) is 0 Å². The SMILES string of the molecule is COc1cc(C)c(F)cc1[C@H]1C[C@@H](O)[C@@H](CO)O1. The maximum Gasteiger partial charge on any atom is 0.126 e. The van der Waals surface area contributed by atoms with E-state index in [0.29, 0.717) is 23.3 Å². The molecule has 1 fully saturated rings. The Kier molecular flexibility index (Phi) is 3.85. The fourth-order valence-corrected chi connectivity index (χ4v) is 2.19. The smallest absolute Gasteiger partial charge is 0.126 e. The molecule has 0 bridgehead atoms. The second kappa shape index (κ2) is 5.22. The van der Waals surface area contributed by atoms with Gasteiger partial charge >= 0.3 is 0 Å². The van der Waals surface area contributed by atoms with E-state index in [9.17, 15) is 9.50 Å². The Bertz CT molecular complexity index is 435. The van der Waals surface area contributed by atoms with Gasteiger partial charge in [0.1, 0.15) is 17.7 Å². The van der Waals surface area contributed by atoms with E-state index >= 15 is 0 Å². The number of methoxy groups -OCH3 is 1. The van der Waals surface area contributed by atoms with Crippen molar-refractivity contribution >= 4 is 0 Å². The number of halogens is 1. The zero-order valence-corrected chi connectivity index (χ0v) is 10.4. The molecule has 18 heavy (non-hydrogen) atoms. The van der Waals surface area contributed by atoms with Gasteiger partial charge in [-0.3, -0.25) is 0 Å². The number of aryl methyl sites for hydroxylation is 1. The number of benzene rings is 1. The van der Waals surface area contributed by atoms with E-state index in [1.54, 1.807) is 13.0 Å². The maximum atomic E-state index is 13.6. The standard InChI is InChI=1S/C13H17FO4/c1-7-3-11(17-2)8(4-9(7)14)12-5-10(16)13(6-15)18-12/h3-4,10,12-13,15-16H,5-6H2,1-2H3/t10-,12-,13-/m1/s1. The van der Waals surface area contributed by atoms with Crippen LogP contribution in [0.25, 0.3) is 0 Å². The van der Waals surface area contributed by atoms with Crippen molar-refractivity contribution in [2.45, 2.75) is 31.7 Å². The lowest BCUT2D eigenvalue weighted by Crippen LogP contribution is -2.24. The molecule has 0 amide bonds. The minimum atomic E-state index is -0.742. The Morgan fingerprint density at radius 2 is 2.22 bits per heavy atom. The molecule has 0 unspecified atom stereocenters. The zero-order valence-electron chi connectivity index (χ0n) is 10.4. The van der Waals surface area contributed by atoms with Crippen LogP contribution in [0.2, 0.25) is 0 Å². The van der Waals surface area contributed by atoms with Crippen LogP contribution in [0.4, 0.5) is 4.39 Å². The van der Waals surface area contributed by atoms with E-state index in [2.05, 4.69) is 0 Å². The van der Waals surface area contributed by atoms with Crippen molar-refractivity contribution in [3.8, 4) is 5.75 Å². The van der Waals surface area contributed by atoms with Gasteiger partial charge in [0.15, 0.2) is 0 Å². The number of ether oxygens (including phenoxy) is 2. The predicted octanol–water partition coefficient (Wildman–Crippen LogP) is 1.33. The van der Waals surface area contributed by atoms with Crippen LogP contribution in [0, 0.1) is 12.7 Å². The van der Waals surface area contributed by atoms with Crippen LogP contribution in [0.5, 0.6) is 5.75 Å². The summed E-state index contributed by atoms with van der Waals surface area (Å²) in [4.78, 5) is 0. The summed E-state index contributed by atoms with van der Waals surface area (Å²) in [6.45, 7) is 1.40. The fraction of sp³-hybridized carbons (Fsp3) is 0.538. The largest absolute Gasteiger partial charge is 0.496 e. The Morgan fingerprint density at radius 1 is 1.50 bits per heavy atom. The summed E-state index contributed by atoms with van der Waals surface area (Å²) < 4.78 is 24.3. The first kappa shape index (κ1) is 13.3. The number of aliphatic hydroxyl groups excluding tert-OH is 2. The summed E-state index contributed by atoms with van der Waals surface area (Å²) in [7, 11) is 1.51. The third-order valence-corrected chi connectivity index (χ3v) is 3.26. The summed E-state index contributed by atoms with van der Waals surface area (Å²) in [5.74, 6) is 0.195. The van der Waals surface area contributed by atoms with Crippen LogP contribution in [0.1, 0.15) is 23.7 Å².